The number of carbonyl (C=O) groups is 1. The van der Waals surface area contributed by atoms with Gasteiger partial charge in [-0.05, 0) is 27.2 Å². The number of amides is 1. The van der Waals surface area contributed by atoms with Crippen LogP contribution >= 0.6 is 0 Å². The van der Waals surface area contributed by atoms with Crippen LogP contribution in [0.25, 0.3) is 0 Å². The van der Waals surface area contributed by atoms with Crippen LogP contribution in [0.1, 0.15) is 33.2 Å². The molecule has 0 aromatic carbocycles. The SMILES string of the molecule is CC(C)(C)OC(=O)N1CCC(n2cncn2)C1. The molecule has 6 nitrogen and oxygen atoms in total. The Morgan fingerprint density at radius 3 is 2.82 bits per heavy atom. The lowest BCUT2D eigenvalue weighted by atomic mass is 10.2. The summed E-state index contributed by atoms with van der Waals surface area (Å²) >= 11 is 0. The minimum absolute atomic E-state index is 0.213. The molecule has 0 bridgehead atoms. The Hall–Kier alpha value is -1.59. The third-order valence-corrected chi connectivity index (χ3v) is 2.63. The summed E-state index contributed by atoms with van der Waals surface area (Å²) in [5.74, 6) is 0. The first kappa shape index (κ1) is 11.9. The van der Waals surface area contributed by atoms with Crippen molar-refractivity contribution in [2.24, 2.45) is 0 Å². The van der Waals surface area contributed by atoms with Crippen LogP contribution in [-0.4, -0.2) is 44.4 Å². The highest BCUT2D eigenvalue weighted by molar-refractivity contribution is 5.68. The van der Waals surface area contributed by atoms with Crippen LogP contribution in [0.2, 0.25) is 0 Å². The molecule has 1 aliphatic rings. The monoisotopic (exact) mass is 238 g/mol. The average molecular weight is 238 g/mol. The van der Waals surface area contributed by atoms with E-state index in [1.54, 1.807) is 15.9 Å². The van der Waals surface area contributed by atoms with Gasteiger partial charge >= 0.3 is 6.09 Å². The zero-order chi connectivity index (χ0) is 12.5. The molecule has 0 saturated carbocycles. The van der Waals surface area contributed by atoms with Crippen molar-refractivity contribution < 1.29 is 9.53 Å². The van der Waals surface area contributed by atoms with Crippen molar-refractivity contribution in [1.82, 2.24) is 19.7 Å². The van der Waals surface area contributed by atoms with E-state index >= 15 is 0 Å². The molecule has 17 heavy (non-hydrogen) atoms. The molecule has 1 saturated heterocycles. The quantitative estimate of drug-likeness (QED) is 0.743. The highest BCUT2D eigenvalue weighted by Crippen LogP contribution is 2.22. The molecule has 0 N–H and O–H groups in total. The van der Waals surface area contributed by atoms with Gasteiger partial charge in [-0.2, -0.15) is 5.10 Å². The summed E-state index contributed by atoms with van der Waals surface area (Å²) in [6.45, 7) is 6.96. The molecule has 2 heterocycles. The Kier molecular flexibility index (Phi) is 3.04. The summed E-state index contributed by atoms with van der Waals surface area (Å²) in [5, 5.41) is 4.09. The second-order valence-electron chi connectivity index (χ2n) is 5.24. The molecule has 2 rings (SSSR count). The van der Waals surface area contributed by atoms with E-state index in [0.717, 1.165) is 6.42 Å². The van der Waals surface area contributed by atoms with E-state index in [4.69, 9.17) is 4.74 Å². The van der Waals surface area contributed by atoms with Crippen LogP contribution in [0, 0.1) is 0 Å². The molecule has 0 spiro atoms. The summed E-state index contributed by atoms with van der Waals surface area (Å²) in [5.41, 5.74) is -0.442. The zero-order valence-corrected chi connectivity index (χ0v) is 10.5. The van der Waals surface area contributed by atoms with Crippen molar-refractivity contribution >= 4 is 6.09 Å². The van der Waals surface area contributed by atoms with Gasteiger partial charge in [-0.15, -0.1) is 0 Å². The summed E-state index contributed by atoms with van der Waals surface area (Å²) < 4.78 is 7.13. The van der Waals surface area contributed by atoms with Crippen LogP contribution in [0.3, 0.4) is 0 Å². The van der Waals surface area contributed by atoms with Crippen molar-refractivity contribution in [2.45, 2.75) is 38.8 Å². The first-order valence-electron chi connectivity index (χ1n) is 5.78. The van der Waals surface area contributed by atoms with Crippen molar-refractivity contribution in [1.29, 1.82) is 0 Å². The fourth-order valence-corrected chi connectivity index (χ4v) is 1.86. The number of hydrogen-bond acceptors (Lipinski definition) is 4. The van der Waals surface area contributed by atoms with E-state index in [9.17, 15) is 4.79 Å². The normalized spacial score (nSPS) is 20.6. The fourth-order valence-electron chi connectivity index (χ4n) is 1.86. The molecule has 1 aromatic heterocycles. The molecule has 1 aromatic rings. The number of carbonyl (C=O) groups excluding carboxylic acids is 1. The van der Waals surface area contributed by atoms with Gasteiger partial charge < -0.3 is 9.64 Å². The topological polar surface area (TPSA) is 60.2 Å². The third-order valence-electron chi connectivity index (χ3n) is 2.63. The van der Waals surface area contributed by atoms with Gasteiger partial charge in [0.25, 0.3) is 0 Å². The molecule has 1 atom stereocenters. The van der Waals surface area contributed by atoms with Crippen LogP contribution < -0.4 is 0 Å². The number of likely N-dealkylation sites (tertiary alicyclic amines) is 1. The van der Waals surface area contributed by atoms with E-state index in [0.29, 0.717) is 13.1 Å². The Labute approximate surface area is 101 Å². The first-order chi connectivity index (χ1) is 7.96. The highest BCUT2D eigenvalue weighted by atomic mass is 16.6. The zero-order valence-electron chi connectivity index (χ0n) is 10.5. The number of hydrogen-bond donors (Lipinski definition) is 0. The van der Waals surface area contributed by atoms with Crippen molar-refractivity contribution in [3.05, 3.63) is 12.7 Å². The van der Waals surface area contributed by atoms with Gasteiger partial charge in [0, 0.05) is 13.1 Å². The minimum atomic E-state index is -0.442. The molecule has 1 unspecified atom stereocenters. The van der Waals surface area contributed by atoms with E-state index in [1.807, 2.05) is 20.8 Å². The average Bonchev–Trinajstić information content (AvgIpc) is 2.86. The lowest BCUT2D eigenvalue weighted by Gasteiger charge is -2.24. The molecular weight excluding hydrogens is 220 g/mol. The molecule has 1 aliphatic heterocycles. The summed E-state index contributed by atoms with van der Waals surface area (Å²) in [6, 6.07) is 0.213. The van der Waals surface area contributed by atoms with Gasteiger partial charge in [-0.25, -0.2) is 14.5 Å². The van der Waals surface area contributed by atoms with E-state index in [1.165, 1.54) is 6.33 Å². The summed E-state index contributed by atoms with van der Waals surface area (Å²) in [6.07, 6.45) is 3.84. The first-order valence-corrected chi connectivity index (χ1v) is 5.78. The Bertz CT molecular complexity index is 383. The summed E-state index contributed by atoms with van der Waals surface area (Å²) in [4.78, 5) is 17.5. The number of nitrogens with zero attached hydrogens (tertiary/aromatic N) is 4. The van der Waals surface area contributed by atoms with Gasteiger partial charge in [-0.3, -0.25) is 0 Å². The predicted octanol–water partition coefficient (Wildman–Crippen LogP) is 1.46. The summed E-state index contributed by atoms with van der Waals surface area (Å²) in [7, 11) is 0. The van der Waals surface area contributed by atoms with Gasteiger partial charge in [0.05, 0.1) is 6.04 Å². The van der Waals surface area contributed by atoms with Crippen LogP contribution in [0.4, 0.5) is 4.79 Å². The standard InChI is InChI=1S/C11H18N4O2/c1-11(2,3)17-10(16)14-5-4-9(6-14)15-8-12-7-13-15/h7-9H,4-6H2,1-3H3. The van der Waals surface area contributed by atoms with Crippen molar-refractivity contribution in [3.8, 4) is 0 Å². The van der Waals surface area contributed by atoms with Crippen LogP contribution in [0.15, 0.2) is 12.7 Å². The molecule has 1 amide bonds. The molecule has 0 aliphatic carbocycles. The minimum Gasteiger partial charge on any atom is -0.444 e. The van der Waals surface area contributed by atoms with Gasteiger partial charge in [0.2, 0.25) is 0 Å². The number of aromatic nitrogens is 3. The van der Waals surface area contributed by atoms with Gasteiger partial charge in [0.15, 0.2) is 0 Å². The lowest BCUT2D eigenvalue weighted by molar-refractivity contribution is 0.0288. The third kappa shape index (κ3) is 2.95. The predicted molar refractivity (Wildman–Crippen MR) is 61.5 cm³/mol. The van der Waals surface area contributed by atoms with Gasteiger partial charge in [-0.1, -0.05) is 0 Å². The fraction of sp³-hybridized carbons (Fsp3) is 0.727. The highest BCUT2D eigenvalue weighted by Gasteiger charge is 2.30. The number of ether oxygens (including phenoxy) is 1. The molecular formula is C11H18N4O2. The second-order valence-corrected chi connectivity index (χ2v) is 5.24. The van der Waals surface area contributed by atoms with E-state index < -0.39 is 5.60 Å². The van der Waals surface area contributed by atoms with E-state index in [2.05, 4.69) is 10.1 Å². The number of rotatable bonds is 1. The maximum atomic E-state index is 11.8. The Morgan fingerprint density at radius 1 is 1.47 bits per heavy atom. The molecule has 0 radical (unpaired) electrons. The molecule has 94 valence electrons. The van der Waals surface area contributed by atoms with Crippen molar-refractivity contribution in [2.75, 3.05) is 13.1 Å². The Balaban J connectivity index is 1.92. The Morgan fingerprint density at radius 2 is 2.24 bits per heavy atom. The largest absolute Gasteiger partial charge is 0.444 e. The lowest BCUT2D eigenvalue weighted by Crippen LogP contribution is -2.35. The van der Waals surface area contributed by atoms with Crippen LogP contribution in [-0.2, 0) is 4.74 Å². The molecule has 6 heteroatoms. The molecule has 1 fully saturated rings. The van der Waals surface area contributed by atoms with Gasteiger partial charge in [0.1, 0.15) is 18.3 Å². The van der Waals surface area contributed by atoms with Crippen molar-refractivity contribution in [3.63, 3.8) is 0 Å². The second kappa shape index (κ2) is 4.35. The maximum absolute atomic E-state index is 11.8. The van der Waals surface area contributed by atoms with E-state index in [-0.39, 0.29) is 12.1 Å². The van der Waals surface area contributed by atoms with Crippen LogP contribution in [0.5, 0.6) is 0 Å². The smallest absolute Gasteiger partial charge is 0.410 e. The maximum Gasteiger partial charge on any atom is 0.410 e.